The van der Waals surface area contributed by atoms with E-state index in [1.54, 1.807) is 30.5 Å². The normalized spacial score (nSPS) is 18.8. The zero-order valence-electron chi connectivity index (χ0n) is 14.0. The number of nitrogens with one attached hydrogen (secondary N) is 1. The van der Waals surface area contributed by atoms with Crippen LogP contribution in [-0.2, 0) is 14.4 Å². The molecule has 0 bridgehead atoms. The molecule has 1 aliphatic rings. The first-order valence-corrected chi connectivity index (χ1v) is 9.03. The Balaban J connectivity index is 2.08. The number of carboxylic acid groups (broad SMARTS) is 1. The van der Waals surface area contributed by atoms with Crippen LogP contribution < -0.4 is 10.2 Å². The molecule has 1 aromatic carbocycles. The van der Waals surface area contributed by atoms with Gasteiger partial charge in [0.25, 0.3) is 0 Å². The Morgan fingerprint density at radius 2 is 2.08 bits per heavy atom. The fourth-order valence-corrected chi connectivity index (χ4v) is 3.15. The number of carbonyl (C=O) groups is 3. The molecular formula is C17H22N2O4S. The Hall–Kier alpha value is -2.02. The highest BCUT2D eigenvalue weighted by atomic mass is 32.2. The lowest BCUT2D eigenvalue weighted by Gasteiger charge is -2.21. The summed E-state index contributed by atoms with van der Waals surface area (Å²) in [6.07, 6.45) is 2.05. The third kappa shape index (κ3) is 4.08. The second-order valence-electron chi connectivity index (χ2n) is 6.18. The molecule has 1 heterocycles. The maximum Gasteiger partial charge on any atom is 0.326 e. The monoisotopic (exact) mass is 350 g/mol. The van der Waals surface area contributed by atoms with Crippen LogP contribution in [0.3, 0.4) is 0 Å². The second kappa shape index (κ2) is 7.70. The van der Waals surface area contributed by atoms with Crippen molar-refractivity contribution in [1.82, 2.24) is 5.32 Å². The van der Waals surface area contributed by atoms with Gasteiger partial charge in [0, 0.05) is 23.5 Å². The quantitative estimate of drug-likeness (QED) is 0.766. The lowest BCUT2D eigenvalue weighted by molar-refractivity contribution is -0.143. The van der Waals surface area contributed by atoms with Crippen molar-refractivity contribution >= 4 is 35.2 Å². The maximum absolute atomic E-state index is 12.4. The Labute approximate surface area is 145 Å². The second-order valence-corrected chi connectivity index (χ2v) is 7.06. The highest BCUT2D eigenvalue weighted by Gasteiger charge is 2.37. The number of rotatable bonds is 6. The van der Waals surface area contributed by atoms with Gasteiger partial charge in [0.05, 0.1) is 5.92 Å². The summed E-state index contributed by atoms with van der Waals surface area (Å²) in [4.78, 5) is 38.5. The number of amides is 2. The average molecular weight is 350 g/mol. The third-order valence-electron chi connectivity index (χ3n) is 4.09. The number of thioether (sulfide) groups is 1. The van der Waals surface area contributed by atoms with Gasteiger partial charge in [-0.05, 0) is 30.4 Å². The van der Waals surface area contributed by atoms with E-state index in [0.29, 0.717) is 0 Å². The van der Waals surface area contributed by atoms with E-state index in [4.69, 9.17) is 0 Å². The van der Waals surface area contributed by atoms with Crippen LogP contribution in [0.4, 0.5) is 5.69 Å². The first-order valence-electron chi connectivity index (χ1n) is 7.81. The summed E-state index contributed by atoms with van der Waals surface area (Å²) < 4.78 is 0. The lowest BCUT2D eigenvalue weighted by Crippen LogP contribution is -2.47. The Morgan fingerprint density at radius 1 is 1.38 bits per heavy atom. The predicted molar refractivity (Wildman–Crippen MR) is 93.1 cm³/mol. The van der Waals surface area contributed by atoms with Gasteiger partial charge in [0.15, 0.2) is 0 Å². The van der Waals surface area contributed by atoms with E-state index in [2.05, 4.69) is 5.32 Å². The van der Waals surface area contributed by atoms with E-state index in [1.807, 2.05) is 30.5 Å². The van der Waals surface area contributed by atoms with Crippen LogP contribution in [0.15, 0.2) is 29.2 Å². The lowest BCUT2D eigenvalue weighted by atomic mass is 10.0. The first kappa shape index (κ1) is 18.3. The van der Waals surface area contributed by atoms with E-state index < -0.39 is 17.9 Å². The molecule has 2 atom stereocenters. The molecule has 0 spiro atoms. The molecule has 130 valence electrons. The SMILES string of the molecule is CSc1cccc(N2CC(C(=O)N[C@@H](C(=O)O)C(C)C)CC2=O)c1. The van der Waals surface area contributed by atoms with Gasteiger partial charge < -0.3 is 15.3 Å². The highest BCUT2D eigenvalue weighted by molar-refractivity contribution is 7.98. The van der Waals surface area contributed by atoms with Crippen LogP contribution in [0.2, 0.25) is 0 Å². The minimum absolute atomic E-state index is 0.0970. The van der Waals surface area contributed by atoms with Gasteiger partial charge in [-0.25, -0.2) is 4.79 Å². The summed E-state index contributed by atoms with van der Waals surface area (Å²) in [7, 11) is 0. The van der Waals surface area contributed by atoms with E-state index in [0.717, 1.165) is 10.6 Å². The van der Waals surface area contributed by atoms with Crippen molar-refractivity contribution in [3.63, 3.8) is 0 Å². The van der Waals surface area contributed by atoms with E-state index >= 15 is 0 Å². The third-order valence-corrected chi connectivity index (χ3v) is 4.82. The summed E-state index contributed by atoms with van der Waals surface area (Å²) in [6.45, 7) is 3.74. The molecule has 1 saturated heterocycles. The van der Waals surface area contributed by atoms with Gasteiger partial charge in [-0.1, -0.05) is 19.9 Å². The van der Waals surface area contributed by atoms with Crippen molar-refractivity contribution in [3.8, 4) is 0 Å². The topological polar surface area (TPSA) is 86.7 Å². The molecule has 1 aliphatic heterocycles. The van der Waals surface area contributed by atoms with Crippen LogP contribution in [0.25, 0.3) is 0 Å². The number of nitrogens with zero attached hydrogens (tertiary/aromatic N) is 1. The number of hydrogen-bond acceptors (Lipinski definition) is 4. The zero-order chi connectivity index (χ0) is 17.9. The Morgan fingerprint density at radius 3 is 2.67 bits per heavy atom. The molecule has 24 heavy (non-hydrogen) atoms. The number of carboxylic acids is 1. The summed E-state index contributed by atoms with van der Waals surface area (Å²) in [6, 6.07) is 6.64. The molecule has 7 heteroatoms. The number of benzene rings is 1. The van der Waals surface area contributed by atoms with Gasteiger partial charge in [-0.3, -0.25) is 9.59 Å². The molecule has 0 radical (unpaired) electrons. The number of aliphatic carboxylic acids is 1. The molecule has 1 unspecified atom stereocenters. The van der Waals surface area contributed by atoms with Gasteiger partial charge in [0.2, 0.25) is 11.8 Å². The Kier molecular flexibility index (Phi) is 5.88. The number of hydrogen-bond donors (Lipinski definition) is 2. The van der Waals surface area contributed by atoms with Gasteiger partial charge >= 0.3 is 5.97 Å². The van der Waals surface area contributed by atoms with Gasteiger partial charge in [-0.15, -0.1) is 11.8 Å². The molecule has 2 N–H and O–H groups in total. The van der Waals surface area contributed by atoms with Crippen LogP contribution in [0.5, 0.6) is 0 Å². The van der Waals surface area contributed by atoms with Crippen molar-refractivity contribution in [1.29, 1.82) is 0 Å². The molecule has 0 aromatic heterocycles. The minimum Gasteiger partial charge on any atom is -0.480 e. The molecule has 1 aromatic rings. The van der Waals surface area contributed by atoms with Crippen LogP contribution in [0, 0.1) is 11.8 Å². The molecule has 2 rings (SSSR count). The molecule has 0 saturated carbocycles. The van der Waals surface area contributed by atoms with Crippen molar-refractivity contribution in [2.45, 2.75) is 31.2 Å². The average Bonchev–Trinajstić information content (AvgIpc) is 2.93. The van der Waals surface area contributed by atoms with E-state index in [1.165, 1.54) is 0 Å². The molecule has 0 aliphatic carbocycles. The Bertz CT molecular complexity index is 647. The standard InChI is InChI=1S/C17H22N2O4S/c1-10(2)15(17(22)23)18-16(21)11-7-14(20)19(9-11)12-5-4-6-13(8-12)24-3/h4-6,8,10-11,15H,7,9H2,1-3H3,(H,18,21)(H,22,23)/t11?,15-/m1/s1. The number of carbonyl (C=O) groups excluding carboxylic acids is 2. The summed E-state index contributed by atoms with van der Waals surface area (Å²) in [5.41, 5.74) is 0.765. The smallest absolute Gasteiger partial charge is 0.326 e. The molecular weight excluding hydrogens is 328 g/mol. The minimum atomic E-state index is -1.06. The van der Waals surface area contributed by atoms with Crippen LogP contribution in [-0.4, -0.2) is 41.7 Å². The van der Waals surface area contributed by atoms with E-state index in [-0.39, 0.29) is 30.7 Å². The highest BCUT2D eigenvalue weighted by Crippen LogP contribution is 2.28. The van der Waals surface area contributed by atoms with Crippen molar-refractivity contribution in [2.75, 3.05) is 17.7 Å². The van der Waals surface area contributed by atoms with E-state index in [9.17, 15) is 19.5 Å². The van der Waals surface area contributed by atoms with Crippen molar-refractivity contribution in [3.05, 3.63) is 24.3 Å². The fourth-order valence-electron chi connectivity index (χ4n) is 2.70. The van der Waals surface area contributed by atoms with Gasteiger partial charge in [0.1, 0.15) is 6.04 Å². The summed E-state index contributed by atoms with van der Waals surface area (Å²) in [5, 5.41) is 11.7. The number of anilines is 1. The first-order chi connectivity index (χ1) is 11.3. The zero-order valence-corrected chi connectivity index (χ0v) is 14.8. The predicted octanol–water partition coefficient (Wildman–Crippen LogP) is 1.99. The fraction of sp³-hybridized carbons (Fsp3) is 0.471. The van der Waals surface area contributed by atoms with Gasteiger partial charge in [-0.2, -0.15) is 0 Å². The molecule has 2 amide bonds. The van der Waals surface area contributed by atoms with Crippen molar-refractivity contribution in [2.24, 2.45) is 11.8 Å². The van der Waals surface area contributed by atoms with Crippen molar-refractivity contribution < 1.29 is 19.5 Å². The maximum atomic E-state index is 12.4. The summed E-state index contributed by atoms with van der Waals surface area (Å²) in [5.74, 6) is -2.32. The van der Waals surface area contributed by atoms with Crippen LogP contribution in [0.1, 0.15) is 20.3 Å². The summed E-state index contributed by atoms with van der Waals surface area (Å²) >= 11 is 1.58. The molecule has 6 nitrogen and oxygen atoms in total. The van der Waals surface area contributed by atoms with Crippen LogP contribution >= 0.6 is 11.8 Å². The molecule has 1 fully saturated rings. The largest absolute Gasteiger partial charge is 0.480 e.